The van der Waals surface area contributed by atoms with Crippen LogP contribution in [-0.2, 0) is 4.74 Å². The van der Waals surface area contributed by atoms with Gasteiger partial charge in [-0.3, -0.25) is 9.69 Å². The molecule has 1 saturated heterocycles. The molecule has 0 N–H and O–H groups in total. The standard InChI is InChI=1S/C14H21NO2S/c1-10-8-15(5-4-6-17-10)9-14(16)13-7-11(2)18-12(13)3/h7,10H,4-6,8-9H2,1-3H3. The lowest BCUT2D eigenvalue weighted by Gasteiger charge is -2.20. The van der Waals surface area contributed by atoms with Gasteiger partial charge in [-0.2, -0.15) is 0 Å². The summed E-state index contributed by atoms with van der Waals surface area (Å²) in [5.74, 6) is 0.242. The molecular weight excluding hydrogens is 246 g/mol. The van der Waals surface area contributed by atoms with Crippen LogP contribution in [0.5, 0.6) is 0 Å². The highest BCUT2D eigenvalue weighted by Gasteiger charge is 2.19. The molecule has 2 heterocycles. The van der Waals surface area contributed by atoms with Crippen molar-refractivity contribution in [1.29, 1.82) is 0 Å². The van der Waals surface area contributed by atoms with E-state index in [0.717, 1.165) is 36.6 Å². The number of rotatable bonds is 3. The van der Waals surface area contributed by atoms with E-state index in [1.54, 1.807) is 11.3 Å². The van der Waals surface area contributed by atoms with Crippen molar-refractivity contribution in [1.82, 2.24) is 4.90 Å². The molecule has 0 saturated carbocycles. The van der Waals surface area contributed by atoms with Crippen LogP contribution in [0.3, 0.4) is 0 Å². The minimum Gasteiger partial charge on any atom is -0.377 e. The third-order valence-corrected chi connectivity index (χ3v) is 4.21. The van der Waals surface area contributed by atoms with Gasteiger partial charge < -0.3 is 4.74 Å². The lowest BCUT2D eigenvalue weighted by atomic mass is 10.1. The van der Waals surface area contributed by atoms with E-state index in [1.807, 2.05) is 13.0 Å². The second-order valence-corrected chi connectivity index (χ2v) is 6.48. The Hall–Kier alpha value is -0.710. The van der Waals surface area contributed by atoms with E-state index in [-0.39, 0.29) is 11.9 Å². The smallest absolute Gasteiger partial charge is 0.177 e. The molecule has 0 bridgehead atoms. The molecule has 0 amide bonds. The van der Waals surface area contributed by atoms with Crippen molar-refractivity contribution >= 4 is 17.1 Å². The highest BCUT2D eigenvalue weighted by Crippen LogP contribution is 2.21. The third kappa shape index (κ3) is 3.40. The van der Waals surface area contributed by atoms with Crippen molar-refractivity contribution < 1.29 is 9.53 Å². The Morgan fingerprint density at radius 1 is 1.56 bits per heavy atom. The SMILES string of the molecule is Cc1cc(C(=O)CN2CCCOC(C)C2)c(C)s1. The van der Waals surface area contributed by atoms with E-state index >= 15 is 0 Å². The fourth-order valence-corrected chi connectivity index (χ4v) is 3.36. The van der Waals surface area contributed by atoms with Crippen molar-refractivity contribution in [2.75, 3.05) is 26.2 Å². The van der Waals surface area contributed by atoms with E-state index in [0.29, 0.717) is 6.54 Å². The zero-order valence-corrected chi connectivity index (χ0v) is 12.2. The van der Waals surface area contributed by atoms with Crippen LogP contribution in [-0.4, -0.2) is 43.0 Å². The molecule has 1 aliphatic heterocycles. The highest BCUT2D eigenvalue weighted by atomic mass is 32.1. The Kier molecular flexibility index (Phi) is 4.54. The number of aryl methyl sites for hydroxylation is 2. The molecule has 1 aliphatic rings. The monoisotopic (exact) mass is 267 g/mol. The van der Waals surface area contributed by atoms with Crippen LogP contribution < -0.4 is 0 Å². The van der Waals surface area contributed by atoms with Gasteiger partial charge in [0.15, 0.2) is 5.78 Å². The first-order chi connectivity index (χ1) is 8.56. The first kappa shape index (κ1) is 13.7. The molecule has 1 aromatic heterocycles. The zero-order valence-electron chi connectivity index (χ0n) is 11.4. The molecule has 0 spiro atoms. The summed E-state index contributed by atoms with van der Waals surface area (Å²) >= 11 is 1.70. The number of carbonyl (C=O) groups is 1. The summed E-state index contributed by atoms with van der Waals surface area (Å²) in [5, 5.41) is 0. The number of hydrogen-bond acceptors (Lipinski definition) is 4. The normalized spacial score (nSPS) is 21.8. The number of ketones is 1. The van der Waals surface area contributed by atoms with Crippen molar-refractivity contribution in [2.24, 2.45) is 0 Å². The average Bonchev–Trinajstić information content (AvgIpc) is 2.50. The maximum absolute atomic E-state index is 12.3. The van der Waals surface area contributed by atoms with Crippen LogP contribution in [0.4, 0.5) is 0 Å². The zero-order chi connectivity index (χ0) is 13.1. The topological polar surface area (TPSA) is 29.5 Å². The largest absolute Gasteiger partial charge is 0.377 e. The number of carbonyl (C=O) groups excluding carboxylic acids is 1. The van der Waals surface area contributed by atoms with Crippen molar-refractivity contribution in [3.8, 4) is 0 Å². The van der Waals surface area contributed by atoms with Crippen molar-refractivity contribution in [2.45, 2.75) is 33.3 Å². The van der Waals surface area contributed by atoms with Crippen LogP contribution >= 0.6 is 11.3 Å². The Bertz CT molecular complexity index is 427. The molecule has 1 aromatic rings. The Labute approximate surface area is 113 Å². The fourth-order valence-electron chi connectivity index (χ4n) is 2.42. The summed E-state index contributed by atoms with van der Waals surface area (Å²) in [7, 11) is 0. The predicted octanol–water partition coefficient (Wildman–Crippen LogP) is 2.66. The van der Waals surface area contributed by atoms with Gasteiger partial charge in [-0.15, -0.1) is 11.3 Å². The summed E-state index contributed by atoms with van der Waals surface area (Å²) in [6, 6.07) is 2.01. The highest BCUT2D eigenvalue weighted by molar-refractivity contribution is 7.12. The van der Waals surface area contributed by atoms with Crippen molar-refractivity contribution in [3.63, 3.8) is 0 Å². The maximum atomic E-state index is 12.3. The molecule has 0 aromatic carbocycles. The summed E-state index contributed by atoms with van der Waals surface area (Å²) in [5.41, 5.74) is 0.898. The molecular formula is C14H21NO2S. The van der Waals surface area contributed by atoms with E-state index in [4.69, 9.17) is 4.74 Å². The predicted molar refractivity (Wildman–Crippen MR) is 74.6 cm³/mol. The van der Waals surface area contributed by atoms with Gasteiger partial charge >= 0.3 is 0 Å². The Morgan fingerprint density at radius 3 is 3.00 bits per heavy atom. The lowest BCUT2D eigenvalue weighted by Crippen LogP contribution is -2.34. The van der Waals surface area contributed by atoms with E-state index < -0.39 is 0 Å². The molecule has 1 unspecified atom stereocenters. The molecule has 0 aliphatic carbocycles. The van der Waals surface area contributed by atoms with Crippen molar-refractivity contribution in [3.05, 3.63) is 21.4 Å². The minimum absolute atomic E-state index is 0.227. The summed E-state index contributed by atoms with van der Waals surface area (Å²) in [6.45, 7) is 9.29. The van der Waals surface area contributed by atoms with Crippen LogP contribution in [0.1, 0.15) is 33.5 Å². The van der Waals surface area contributed by atoms with Gasteiger partial charge in [-0.05, 0) is 33.3 Å². The van der Waals surface area contributed by atoms with Gasteiger partial charge in [0, 0.05) is 35.0 Å². The fraction of sp³-hybridized carbons (Fsp3) is 0.643. The van der Waals surface area contributed by atoms with Gasteiger partial charge in [-0.25, -0.2) is 0 Å². The van der Waals surface area contributed by atoms with Gasteiger partial charge in [0.2, 0.25) is 0 Å². The molecule has 2 rings (SSSR count). The van der Waals surface area contributed by atoms with Gasteiger partial charge in [0.05, 0.1) is 12.6 Å². The van der Waals surface area contributed by atoms with Gasteiger partial charge in [0.1, 0.15) is 0 Å². The Balaban J connectivity index is 2.00. The molecule has 4 heteroatoms. The number of thiophene rings is 1. The maximum Gasteiger partial charge on any atom is 0.177 e. The quantitative estimate of drug-likeness (QED) is 0.789. The summed E-state index contributed by atoms with van der Waals surface area (Å²) in [4.78, 5) is 16.9. The first-order valence-corrected chi connectivity index (χ1v) is 7.32. The first-order valence-electron chi connectivity index (χ1n) is 6.50. The second kappa shape index (κ2) is 5.95. The van der Waals surface area contributed by atoms with Crippen LogP contribution in [0.15, 0.2) is 6.07 Å². The molecule has 18 heavy (non-hydrogen) atoms. The summed E-state index contributed by atoms with van der Waals surface area (Å²) in [6.07, 6.45) is 1.24. The average molecular weight is 267 g/mol. The minimum atomic E-state index is 0.227. The van der Waals surface area contributed by atoms with Crippen LogP contribution in [0, 0.1) is 13.8 Å². The molecule has 100 valence electrons. The molecule has 1 atom stereocenters. The second-order valence-electron chi connectivity index (χ2n) is 5.02. The van der Waals surface area contributed by atoms with E-state index in [2.05, 4.69) is 18.7 Å². The number of nitrogens with zero attached hydrogens (tertiary/aromatic N) is 1. The van der Waals surface area contributed by atoms with Crippen LogP contribution in [0.2, 0.25) is 0 Å². The van der Waals surface area contributed by atoms with E-state index in [9.17, 15) is 4.79 Å². The summed E-state index contributed by atoms with van der Waals surface area (Å²) < 4.78 is 5.60. The number of Topliss-reactive ketones (excluding diaryl/α,β-unsaturated/α-hetero) is 1. The lowest BCUT2D eigenvalue weighted by molar-refractivity contribution is 0.0657. The van der Waals surface area contributed by atoms with Crippen LogP contribution in [0.25, 0.3) is 0 Å². The van der Waals surface area contributed by atoms with Gasteiger partial charge in [0.25, 0.3) is 0 Å². The third-order valence-electron chi connectivity index (χ3n) is 3.24. The van der Waals surface area contributed by atoms with E-state index in [1.165, 1.54) is 4.88 Å². The number of ether oxygens (including phenoxy) is 1. The molecule has 0 radical (unpaired) electrons. The molecule has 3 nitrogen and oxygen atoms in total. The molecule has 1 fully saturated rings. The number of hydrogen-bond donors (Lipinski definition) is 0. The Morgan fingerprint density at radius 2 is 2.33 bits per heavy atom. The van der Waals surface area contributed by atoms with Gasteiger partial charge in [-0.1, -0.05) is 0 Å².